The highest BCUT2D eigenvalue weighted by Crippen LogP contribution is 2.18. The van der Waals surface area contributed by atoms with E-state index in [2.05, 4.69) is 9.36 Å². The lowest BCUT2D eigenvalue weighted by atomic mass is 10.3. The number of nitrogens with zero attached hydrogens (tertiary/aromatic N) is 4. The third-order valence-electron chi connectivity index (χ3n) is 2.22. The fourth-order valence-corrected chi connectivity index (χ4v) is 2.04. The Morgan fingerprint density at radius 3 is 2.53 bits per heavy atom. The van der Waals surface area contributed by atoms with Crippen molar-refractivity contribution < 1.29 is 9.90 Å². The molecule has 2 heterocycles. The normalized spacial score (nSPS) is 16.9. The molecule has 1 aromatic heterocycles. The summed E-state index contributed by atoms with van der Waals surface area (Å²) in [6, 6.07) is 0. The van der Waals surface area contributed by atoms with Crippen LogP contribution in [0.15, 0.2) is 0 Å². The molecule has 0 saturated carbocycles. The number of hydrogen-bond acceptors (Lipinski definition) is 5. The number of carboxylic acid groups (broad SMARTS) is 1. The number of anilines is 1. The molecule has 1 fully saturated rings. The largest absolute Gasteiger partial charge is 0.465 e. The predicted octanol–water partition coefficient (Wildman–Crippen LogP) is 0.992. The van der Waals surface area contributed by atoms with E-state index in [-0.39, 0.29) is 0 Å². The Hall–Kier alpha value is -1.08. The number of carbonyl (C=O) groups is 1. The first-order chi connectivity index (χ1) is 7.16. The second-order valence-electron chi connectivity index (χ2n) is 3.10. The summed E-state index contributed by atoms with van der Waals surface area (Å²) in [5, 5.41) is 8.76. The van der Waals surface area contributed by atoms with Crippen LogP contribution < -0.4 is 4.90 Å². The summed E-state index contributed by atoms with van der Waals surface area (Å²) in [6.07, 6.45) is -0.876. The first-order valence-corrected chi connectivity index (χ1v) is 5.54. The van der Waals surface area contributed by atoms with Crippen molar-refractivity contribution in [3.8, 4) is 0 Å². The van der Waals surface area contributed by atoms with Crippen molar-refractivity contribution in [3.63, 3.8) is 0 Å². The van der Waals surface area contributed by atoms with Gasteiger partial charge in [0.25, 0.3) is 0 Å². The molecule has 0 radical (unpaired) electrons. The molecule has 1 N–H and O–H groups in total. The SMILES string of the molecule is O=C(O)N1CCN(c2nsc(Cl)n2)CC1. The van der Waals surface area contributed by atoms with E-state index >= 15 is 0 Å². The molecule has 1 aromatic rings. The van der Waals surface area contributed by atoms with Gasteiger partial charge >= 0.3 is 6.09 Å². The fraction of sp³-hybridized carbons (Fsp3) is 0.571. The first-order valence-electron chi connectivity index (χ1n) is 4.39. The van der Waals surface area contributed by atoms with Gasteiger partial charge in [0, 0.05) is 37.7 Å². The van der Waals surface area contributed by atoms with E-state index in [0.717, 1.165) is 11.5 Å². The van der Waals surface area contributed by atoms with Gasteiger partial charge in [0.05, 0.1) is 0 Å². The van der Waals surface area contributed by atoms with E-state index in [1.807, 2.05) is 4.90 Å². The average molecular weight is 249 g/mol. The van der Waals surface area contributed by atoms with E-state index in [9.17, 15) is 4.79 Å². The van der Waals surface area contributed by atoms with Crippen LogP contribution in [-0.2, 0) is 0 Å². The minimum atomic E-state index is -0.876. The van der Waals surface area contributed by atoms with Crippen LogP contribution in [0.1, 0.15) is 0 Å². The monoisotopic (exact) mass is 248 g/mol. The number of rotatable bonds is 1. The lowest BCUT2D eigenvalue weighted by Crippen LogP contribution is -2.48. The Bertz CT molecular complexity index is 364. The molecule has 82 valence electrons. The number of halogens is 1. The summed E-state index contributed by atoms with van der Waals surface area (Å²) in [5.41, 5.74) is 0. The van der Waals surface area contributed by atoms with E-state index in [1.54, 1.807) is 0 Å². The Labute approximate surface area is 95.2 Å². The molecule has 1 aliphatic heterocycles. The standard InChI is InChI=1S/C7H9ClN4O2S/c8-5-9-6(10-15-5)11-1-3-12(4-2-11)7(13)14/h1-4H2,(H,13,14). The summed E-state index contributed by atoms with van der Waals surface area (Å²) >= 11 is 6.81. The van der Waals surface area contributed by atoms with Crippen LogP contribution in [0.4, 0.5) is 10.7 Å². The van der Waals surface area contributed by atoms with Crippen molar-refractivity contribution in [1.29, 1.82) is 0 Å². The maximum atomic E-state index is 10.7. The smallest absolute Gasteiger partial charge is 0.407 e. The molecule has 8 heteroatoms. The molecular formula is C7H9ClN4O2S. The van der Waals surface area contributed by atoms with Crippen LogP contribution in [0.3, 0.4) is 0 Å². The lowest BCUT2D eigenvalue weighted by Gasteiger charge is -2.32. The molecule has 0 unspecified atom stereocenters. The van der Waals surface area contributed by atoms with Gasteiger partial charge in [0.1, 0.15) is 0 Å². The molecule has 1 saturated heterocycles. The number of hydrogen-bond donors (Lipinski definition) is 1. The molecule has 0 bridgehead atoms. The number of piperazine rings is 1. The highest BCUT2D eigenvalue weighted by atomic mass is 35.5. The summed E-state index contributed by atoms with van der Waals surface area (Å²) in [5.74, 6) is 0.593. The lowest BCUT2D eigenvalue weighted by molar-refractivity contribution is 0.142. The molecule has 0 spiro atoms. The molecule has 1 amide bonds. The second kappa shape index (κ2) is 4.19. The maximum Gasteiger partial charge on any atom is 0.407 e. The number of amides is 1. The summed E-state index contributed by atoms with van der Waals surface area (Å²) in [4.78, 5) is 18.0. The molecule has 1 aliphatic rings. The summed E-state index contributed by atoms with van der Waals surface area (Å²) < 4.78 is 4.48. The Kier molecular flexibility index (Phi) is 2.92. The molecule has 6 nitrogen and oxygen atoms in total. The molecular weight excluding hydrogens is 240 g/mol. The van der Waals surface area contributed by atoms with E-state index < -0.39 is 6.09 Å². The topological polar surface area (TPSA) is 69.6 Å². The zero-order valence-electron chi connectivity index (χ0n) is 7.76. The van der Waals surface area contributed by atoms with Gasteiger partial charge < -0.3 is 14.9 Å². The predicted molar refractivity (Wildman–Crippen MR) is 56.7 cm³/mol. The van der Waals surface area contributed by atoms with Gasteiger partial charge in [-0.1, -0.05) is 0 Å². The molecule has 0 atom stereocenters. The van der Waals surface area contributed by atoms with Crippen LogP contribution in [-0.4, -0.2) is 51.6 Å². The summed E-state index contributed by atoms with van der Waals surface area (Å²) in [6.45, 7) is 2.18. The Morgan fingerprint density at radius 1 is 1.40 bits per heavy atom. The van der Waals surface area contributed by atoms with Gasteiger partial charge in [-0.2, -0.15) is 9.36 Å². The highest BCUT2D eigenvalue weighted by Gasteiger charge is 2.22. The van der Waals surface area contributed by atoms with Gasteiger partial charge in [0.2, 0.25) is 10.4 Å². The van der Waals surface area contributed by atoms with Gasteiger partial charge in [-0.3, -0.25) is 0 Å². The van der Waals surface area contributed by atoms with Crippen molar-refractivity contribution in [2.24, 2.45) is 0 Å². The van der Waals surface area contributed by atoms with Crippen LogP contribution in [0.2, 0.25) is 4.47 Å². The average Bonchev–Trinajstić information content (AvgIpc) is 2.65. The first kappa shape index (κ1) is 10.4. The van der Waals surface area contributed by atoms with E-state index in [0.29, 0.717) is 36.6 Å². The Balaban J connectivity index is 1.96. The van der Waals surface area contributed by atoms with Crippen LogP contribution in [0.5, 0.6) is 0 Å². The molecule has 15 heavy (non-hydrogen) atoms. The van der Waals surface area contributed by atoms with Crippen molar-refractivity contribution >= 4 is 35.2 Å². The highest BCUT2D eigenvalue weighted by molar-refractivity contribution is 7.10. The second-order valence-corrected chi connectivity index (χ2v) is 4.44. The summed E-state index contributed by atoms with van der Waals surface area (Å²) in [7, 11) is 0. The van der Waals surface area contributed by atoms with Gasteiger partial charge in [0.15, 0.2) is 0 Å². The van der Waals surface area contributed by atoms with Crippen molar-refractivity contribution in [1.82, 2.24) is 14.3 Å². The number of aromatic nitrogens is 2. The van der Waals surface area contributed by atoms with E-state index in [4.69, 9.17) is 16.7 Å². The third-order valence-corrected chi connectivity index (χ3v) is 3.01. The zero-order chi connectivity index (χ0) is 10.8. The maximum absolute atomic E-state index is 10.7. The van der Waals surface area contributed by atoms with Crippen molar-refractivity contribution in [2.75, 3.05) is 31.1 Å². The van der Waals surface area contributed by atoms with Crippen LogP contribution in [0, 0.1) is 0 Å². The minimum Gasteiger partial charge on any atom is -0.465 e. The Morgan fingerprint density at radius 2 is 2.07 bits per heavy atom. The van der Waals surface area contributed by atoms with Gasteiger partial charge in [-0.05, 0) is 11.6 Å². The van der Waals surface area contributed by atoms with Crippen LogP contribution >= 0.6 is 23.1 Å². The van der Waals surface area contributed by atoms with Crippen molar-refractivity contribution in [3.05, 3.63) is 4.47 Å². The minimum absolute atomic E-state index is 0.408. The van der Waals surface area contributed by atoms with E-state index in [1.165, 1.54) is 4.90 Å². The van der Waals surface area contributed by atoms with Crippen molar-refractivity contribution in [2.45, 2.75) is 0 Å². The quantitative estimate of drug-likeness (QED) is 0.803. The zero-order valence-corrected chi connectivity index (χ0v) is 9.33. The molecule has 0 aromatic carbocycles. The molecule has 0 aliphatic carbocycles. The molecule has 2 rings (SSSR count). The third kappa shape index (κ3) is 2.29. The van der Waals surface area contributed by atoms with Gasteiger partial charge in [-0.15, -0.1) is 0 Å². The fourth-order valence-electron chi connectivity index (χ4n) is 1.42. The van der Waals surface area contributed by atoms with Gasteiger partial charge in [-0.25, -0.2) is 4.79 Å². The van der Waals surface area contributed by atoms with Crippen LogP contribution in [0.25, 0.3) is 0 Å².